The molecule has 1 amide bonds. The molecule has 6 nitrogen and oxygen atoms in total. The molecule has 0 fully saturated rings. The Balaban J connectivity index is 2.00. The molecule has 0 radical (unpaired) electrons. The normalized spacial score (nSPS) is 10.2. The van der Waals surface area contributed by atoms with Gasteiger partial charge in [0.15, 0.2) is 0 Å². The molecule has 0 bridgehead atoms. The Kier molecular flexibility index (Phi) is 4.63. The molecule has 0 saturated carbocycles. The highest BCUT2D eigenvalue weighted by Crippen LogP contribution is 2.21. The number of benzene rings is 2. The Bertz CT molecular complexity index is 691. The summed E-state index contributed by atoms with van der Waals surface area (Å²) in [4.78, 5) is 23.0. The SMILES string of the molecule is O=C(CCc1cc(O)cc(O)c1)Nc1ccccc1C(=O)O. The van der Waals surface area contributed by atoms with Gasteiger partial charge in [0, 0.05) is 12.5 Å². The molecule has 114 valence electrons. The molecule has 2 rings (SSSR count). The smallest absolute Gasteiger partial charge is 0.337 e. The standard InChI is InChI=1S/C16H15NO5/c18-11-7-10(8-12(19)9-11)5-6-15(20)17-14-4-2-1-3-13(14)16(21)22/h1-4,7-9,18-19H,5-6H2,(H,17,20)(H,21,22). The number of hydrogen-bond donors (Lipinski definition) is 4. The molecule has 2 aromatic carbocycles. The summed E-state index contributed by atoms with van der Waals surface area (Å²) in [5.74, 6) is -1.62. The number of para-hydroxylation sites is 1. The van der Waals surface area contributed by atoms with Gasteiger partial charge in [0.05, 0.1) is 11.3 Å². The Morgan fingerprint density at radius 3 is 2.27 bits per heavy atom. The van der Waals surface area contributed by atoms with Crippen molar-refractivity contribution in [1.29, 1.82) is 0 Å². The number of aromatic hydroxyl groups is 2. The van der Waals surface area contributed by atoms with Gasteiger partial charge >= 0.3 is 5.97 Å². The van der Waals surface area contributed by atoms with Crippen LogP contribution in [0.25, 0.3) is 0 Å². The number of phenolic OH excluding ortho intramolecular Hbond substituents is 2. The first-order valence-electron chi connectivity index (χ1n) is 6.60. The third-order valence-corrected chi connectivity index (χ3v) is 3.03. The van der Waals surface area contributed by atoms with Gasteiger partial charge in [-0.05, 0) is 36.2 Å². The quantitative estimate of drug-likeness (QED) is 0.678. The molecule has 0 unspecified atom stereocenters. The van der Waals surface area contributed by atoms with E-state index < -0.39 is 5.97 Å². The van der Waals surface area contributed by atoms with Crippen molar-refractivity contribution in [1.82, 2.24) is 0 Å². The highest BCUT2D eigenvalue weighted by atomic mass is 16.4. The van der Waals surface area contributed by atoms with Crippen LogP contribution in [0, 0.1) is 0 Å². The molecule has 2 aromatic rings. The fourth-order valence-electron chi connectivity index (χ4n) is 2.05. The van der Waals surface area contributed by atoms with E-state index in [1.807, 2.05) is 0 Å². The molecule has 0 saturated heterocycles. The van der Waals surface area contributed by atoms with E-state index in [0.29, 0.717) is 12.0 Å². The highest BCUT2D eigenvalue weighted by molar-refractivity contribution is 6.00. The number of amides is 1. The summed E-state index contributed by atoms with van der Waals surface area (Å²) in [6.45, 7) is 0. The van der Waals surface area contributed by atoms with Gasteiger partial charge in [-0.15, -0.1) is 0 Å². The average Bonchev–Trinajstić information content (AvgIpc) is 2.44. The van der Waals surface area contributed by atoms with E-state index in [4.69, 9.17) is 5.11 Å². The third-order valence-electron chi connectivity index (χ3n) is 3.03. The Labute approximate surface area is 126 Å². The first-order valence-corrected chi connectivity index (χ1v) is 6.60. The minimum absolute atomic E-state index is 0.0193. The Morgan fingerprint density at radius 1 is 1.00 bits per heavy atom. The highest BCUT2D eigenvalue weighted by Gasteiger charge is 2.11. The molecule has 0 aliphatic carbocycles. The van der Waals surface area contributed by atoms with Crippen LogP contribution in [0.5, 0.6) is 11.5 Å². The second kappa shape index (κ2) is 6.62. The van der Waals surface area contributed by atoms with Crippen molar-refractivity contribution in [3.63, 3.8) is 0 Å². The van der Waals surface area contributed by atoms with Gasteiger partial charge in [-0.25, -0.2) is 4.79 Å². The fraction of sp³-hybridized carbons (Fsp3) is 0.125. The Morgan fingerprint density at radius 2 is 1.64 bits per heavy atom. The summed E-state index contributed by atoms with van der Waals surface area (Å²) >= 11 is 0. The van der Waals surface area contributed by atoms with E-state index in [0.717, 1.165) is 0 Å². The van der Waals surface area contributed by atoms with Gasteiger partial charge in [-0.1, -0.05) is 12.1 Å². The van der Waals surface area contributed by atoms with Crippen LogP contribution in [0.3, 0.4) is 0 Å². The van der Waals surface area contributed by atoms with E-state index in [9.17, 15) is 19.8 Å². The third kappa shape index (κ3) is 3.99. The molecule has 0 aliphatic rings. The van der Waals surface area contributed by atoms with E-state index in [2.05, 4.69) is 5.32 Å². The minimum atomic E-state index is -1.12. The Hall–Kier alpha value is -3.02. The van der Waals surface area contributed by atoms with Crippen molar-refractivity contribution in [3.8, 4) is 11.5 Å². The van der Waals surface area contributed by atoms with E-state index in [1.54, 1.807) is 12.1 Å². The number of phenols is 2. The summed E-state index contributed by atoms with van der Waals surface area (Å²) in [6, 6.07) is 10.2. The summed E-state index contributed by atoms with van der Waals surface area (Å²) in [7, 11) is 0. The van der Waals surface area contributed by atoms with Crippen LogP contribution in [0.1, 0.15) is 22.3 Å². The monoisotopic (exact) mass is 301 g/mol. The van der Waals surface area contributed by atoms with Crippen molar-refractivity contribution in [2.45, 2.75) is 12.8 Å². The number of carbonyl (C=O) groups excluding carboxylic acids is 1. The molecular formula is C16H15NO5. The molecule has 6 heteroatoms. The largest absolute Gasteiger partial charge is 0.508 e. The maximum atomic E-state index is 11.9. The topological polar surface area (TPSA) is 107 Å². The molecule has 0 aliphatic heterocycles. The van der Waals surface area contributed by atoms with Crippen LogP contribution in [0.4, 0.5) is 5.69 Å². The first-order chi connectivity index (χ1) is 10.5. The van der Waals surface area contributed by atoms with Gasteiger partial charge in [0.2, 0.25) is 5.91 Å². The van der Waals surface area contributed by atoms with Crippen LogP contribution in [0.2, 0.25) is 0 Å². The zero-order valence-corrected chi connectivity index (χ0v) is 11.6. The predicted molar refractivity (Wildman–Crippen MR) is 80.1 cm³/mol. The van der Waals surface area contributed by atoms with Gasteiger partial charge in [-0.2, -0.15) is 0 Å². The molecule has 0 atom stereocenters. The molecule has 0 spiro atoms. The lowest BCUT2D eigenvalue weighted by atomic mass is 10.1. The van der Waals surface area contributed by atoms with Crippen molar-refractivity contribution < 1.29 is 24.9 Å². The van der Waals surface area contributed by atoms with Crippen molar-refractivity contribution in [2.75, 3.05) is 5.32 Å². The second-order valence-electron chi connectivity index (χ2n) is 4.76. The predicted octanol–water partition coefficient (Wildman–Crippen LogP) is 2.37. The molecule has 0 heterocycles. The second-order valence-corrected chi connectivity index (χ2v) is 4.76. The van der Waals surface area contributed by atoms with Crippen LogP contribution in [0.15, 0.2) is 42.5 Å². The van der Waals surface area contributed by atoms with Gasteiger partial charge in [-0.3, -0.25) is 4.79 Å². The number of carboxylic acids is 1. The maximum Gasteiger partial charge on any atom is 0.337 e. The number of rotatable bonds is 5. The van der Waals surface area contributed by atoms with Crippen LogP contribution in [-0.4, -0.2) is 27.2 Å². The number of aryl methyl sites for hydroxylation is 1. The summed E-state index contributed by atoms with van der Waals surface area (Å²) in [6.07, 6.45) is 0.403. The maximum absolute atomic E-state index is 11.9. The number of anilines is 1. The van der Waals surface area contributed by atoms with E-state index >= 15 is 0 Å². The van der Waals surface area contributed by atoms with Gasteiger partial charge in [0.25, 0.3) is 0 Å². The van der Waals surface area contributed by atoms with Crippen molar-refractivity contribution >= 4 is 17.6 Å². The van der Waals surface area contributed by atoms with Crippen LogP contribution >= 0.6 is 0 Å². The zero-order valence-electron chi connectivity index (χ0n) is 11.6. The van der Waals surface area contributed by atoms with E-state index in [-0.39, 0.29) is 35.1 Å². The van der Waals surface area contributed by atoms with Crippen molar-refractivity contribution in [3.05, 3.63) is 53.6 Å². The molecular weight excluding hydrogens is 286 g/mol. The summed E-state index contributed by atoms with van der Waals surface area (Å²) in [5, 5.41) is 30.3. The molecule has 0 aromatic heterocycles. The zero-order chi connectivity index (χ0) is 16.1. The number of carbonyl (C=O) groups is 2. The molecule has 22 heavy (non-hydrogen) atoms. The number of aromatic carboxylic acids is 1. The number of carboxylic acid groups (broad SMARTS) is 1. The van der Waals surface area contributed by atoms with Crippen molar-refractivity contribution in [2.24, 2.45) is 0 Å². The lowest BCUT2D eigenvalue weighted by molar-refractivity contribution is -0.116. The molecule has 4 N–H and O–H groups in total. The first kappa shape index (κ1) is 15.4. The lowest BCUT2D eigenvalue weighted by Crippen LogP contribution is -2.15. The van der Waals surface area contributed by atoms with Gasteiger partial charge in [0.1, 0.15) is 11.5 Å². The van der Waals surface area contributed by atoms with Gasteiger partial charge < -0.3 is 20.6 Å². The summed E-state index contributed by atoms with van der Waals surface area (Å²) < 4.78 is 0. The fourth-order valence-corrected chi connectivity index (χ4v) is 2.05. The lowest BCUT2D eigenvalue weighted by Gasteiger charge is -2.08. The minimum Gasteiger partial charge on any atom is -0.508 e. The average molecular weight is 301 g/mol. The number of nitrogens with one attached hydrogen (secondary N) is 1. The number of hydrogen-bond acceptors (Lipinski definition) is 4. The summed E-state index contributed by atoms with van der Waals surface area (Å²) in [5.41, 5.74) is 0.865. The van der Waals surface area contributed by atoms with Crippen LogP contribution in [-0.2, 0) is 11.2 Å². The van der Waals surface area contributed by atoms with Crippen LogP contribution < -0.4 is 5.32 Å². The van der Waals surface area contributed by atoms with E-state index in [1.165, 1.54) is 30.3 Å².